The highest BCUT2D eigenvalue weighted by molar-refractivity contribution is 5.84. The van der Waals surface area contributed by atoms with Gasteiger partial charge in [-0.2, -0.15) is 0 Å². The topological polar surface area (TPSA) is 9.23 Å². The molecule has 0 radical (unpaired) electrons. The van der Waals surface area contributed by atoms with E-state index in [-0.39, 0.29) is 0 Å². The average molecular weight is 236 g/mol. The summed E-state index contributed by atoms with van der Waals surface area (Å²) in [6.45, 7) is 2.72. The smallest absolute Gasteiger partial charge is 0.119 e. The Bertz CT molecular complexity index is 579. The number of fused-ring (bicyclic) bond motifs is 1. The number of allylic oxidation sites excluding steroid dienone is 1. The Hall–Kier alpha value is -2.02. The van der Waals surface area contributed by atoms with Crippen LogP contribution in [0.2, 0.25) is 0 Å². The van der Waals surface area contributed by atoms with Crippen molar-refractivity contribution in [3.8, 4) is 5.75 Å². The predicted molar refractivity (Wildman–Crippen MR) is 74.8 cm³/mol. The van der Waals surface area contributed by atoms with Crippen molar-refractivity contribution in [2.24, 2.45) is 0 Å². The zero-order chi connectivity index (χ0) is 12.4. The summed E-state index contributed by atoms with van der Waals surface area (Å²) < 4.78 is 5.47. The van der Waals surface area contributed by atoms with Gasteiger partial charge in [-0.15, -0.1) is 0 Å². The van der Waals surface area contributed by atoms with Crippen molar-refractivity contribution in [3.63, 3.8) is 0 Å². The third-order valence-electron chi connectivity index (χ3n) is 3.31. The third-order valence-corrected chi connectivity index (χ3v) is 3.31. The van der Waals surface area contributed by atoms with Crippen molar-refractivity contribution in [1.82, 2.24) is 0 Å². The minimum atomic E-state index is 0.713. The molecule has 0 aliphatic heterocycles. The lowest BCUT2D eigenvalue weighted by molar-refractivity contribution is 0.340. The fraction of sp³-hybridized carbons (Fsp3) is 0.176. The maximum Gasteiger partial charge on any atom is 0.119 e. The Balaban J connectivity index is 1.93. The van der Waals surface area contributed by atoms with Gasteiger partial charge in [0.05, 0.1) is 6.61 Å². The summed E-state index contributed by atoms with van der Waals surface area (Å²) in [5.41, 5.74) is 5.39. The van der Waals surface area contributed by atoms with E-state index in [9.17, 15) is 0 Å². The van der Waals surface area contributed by atoms with Gasteiger partial charge in [-0.1, -0.05) is 42.5 Å². The van der Waals surface area contributed by atoms with E-state index in [1.165, 1.54) is 22.3 Å². The van der Waals surface area contributed by atoms with Gasteiger partial charge in [0.2, 0.25) is 0 Å². The van der Waals surface area contributed by atoms with Gasteiger partial charge in [0.15, 0.2) is 0 Å². The highest BCUT2D eigenvalue weighted by Gasteiger charge is 2.14. The van der Waals surface area contributed by atoms with Gasteiger partial charge in [0.25, 0.3) is 0 Å². The molecule has 1 heteroatoms. The molecule has 0 atom stereocenters. The molecule has 0 unspecified atom stereocenters. The molecular formula is C17H16O. The first-order chi connectivity index (χ1) is 8.88. The lowest BCUT2D eigenvalue weighted by atomic mass is 9.99. The first-order valence-corrected chi connectivity index (χ1v) is 6.40. The maximum atomic E-state index is 5.47. The van der Waals surface area contributed by atoms with E-state index < -0.39 is 0 Å². The second-order valence-corrected chi connectivity index (χ2v) is 4.44. The van der Waals surface area contributed by atoms with E-state index in [1.54, 1.807) is 0 Å². The zero-order valence-corrected chi connectivity index (χ0v) is 10.5. The molecule has 3 rings (SSSR count). The molecule has 1 nitrogen and oxygen atoms in total. The molecule has 1 aliphatic carbocycles. The highest BCUT2D eigenvalue weighted by atomic mass is 16.5. The normalized spacial score (nSPS) is 13.1. The van der Waals surface area contributed by atoms with Crippen LogP contribution in [0, 0.1) is 0 Å². The van der Waals surface area contributed by atoms with E-state index in [0.29, 0.717) is 6.61 Å². The Labute approximate surface area is 108 Å². The molecule has 0 N–H and O–H groups in total. The summed E-state index contributed by atoms with van der Waals surface area (Å²) >= 11 is 0. The van der Waals surface area contributed by atoms with Crippen molar-refractivity contribution in [2.75, 3.05) is 6.61 Å². The minimum absolute atomic E-state index is 0.713. The maximum absolute atomic E-state index is 5.47. The van der Waals surface area contributed by atoms with Gasteiger partial charge in [-0.05, 0) is 47.7 Å². The van der Waals surface area contributed by atoms with Crippen LogP contribution >= 0.6 is 0 Å². The Morgan fingerprint density at radius 1 is 1.00 bits per heavy atom. The van der Waals surface area contributed by atoms with E-state index in [1.807, 2.05) is 19.1 Å². The van der Waals surface area contributed by atoms with E-state index in [2.05, 4.69) is 42.5 Å². The molecule has 18 heavy (non-hydrogen) atoms. The molecule has 0 spiro atoms. The summed E-state index contributed by atoms with van der Waals surface area (Å²) in [5, 5.41) is 0. The summed E-state index contributed by atoms with van der Waals surface area (Å²) in [6, 6.07) is 17.0. The molecule has 0 saturated heterocycles. The number of ether oxygens (including phenoxy) is 1. The van der Waals surface area contributed by atoms with E-state index >= 15 is 0 Å². The molecule has 0 amide bonds. The van der Waals surface area contributed by atoms with Crippen LogP contribution < -0.4 is 4.74 Å². The van der Waals surface area contributed by atoms with Crippen LogP contribution in [0.4, 0.5) is 0 Å². The number of benzene rings is 2. The molecule has 0 bridgehead atoms. The summed E-state index contributed by atoms with van der Waals surface area (Å²) in [7, 11) is 0. The molecule has 2 aromatic rings. The quantitative estimate of drug-likeness (QED) is 0.780. The number of rotatable bonds is 3. The standard InChI is InChI=1S/C17H16O/c1-2-18-15-10-7-14(8-11-15)17-12-9-13-5-3-4-6-16(13)17/h3-8,10-12H,2,9H2,1H3. The average Bonchev–Trinajstić information content (AvgIpc) is 2.84. The van der Waals surface area contributed by atoms with Crippen LogP contribution in [0.3, 0.4) is 0 Å². The number of hydrogen-bond donors (Lipinski definition) is 0. The van der Waals surface area contributed by atoms with Crippen molar-refractivity contribution in [2.45, 2.75) is 13.3 Å². The molecule has 1 aliphatic rings. The van der Waals surface area contributed by atoms with Crippen molar-refractivity contribution < 1.29 is 4.74 Å². The highest BCUT2D eigenvalue weighted by Crippen LogP contribution is 2.33. The van der Waals surface area contributed by atoms with Gasteiger partial charge in [-0.3, -0.25) is 0 Å². The monoisotopic (exact) mass is 236 g/mol. The van der Waals surface area contributed by atoms with E-state index in [4.69, 9.17) is 4.74 Å². The summed E-state index contributed by atoms with van der Waals surface area (Å²) in [6.07, 6.45) is 3.35. The Kier molecular flexibility index (Phi) is 2.89. The molecular weight excluding hydrogens is 220 g/mol. The van der Waals surface area contributed by atoms with Crippen LogP contribution in [0.1, 0.15) is 23.6 Å². The van der Waals surface area contributed by atoms with Gasteiger partial charge < -0.3 is 4.74 Å². The summed E-state index contributed by atoms with van der Waals surface area (Å²) in [4.78, 5) is 0. The van der Waals surface area contributed by atoms with E-state index in [0.717, 1.165) is 12.2 Å². The lowest BCUT2D eigenvalue weighted by Gasteiger charge is -2.07. The predicted octanol–water partition coefficient (Wildman–Crippen LogP) is 4.07. The van der Waals surface area contributed by atoms with Crippen LogP contribution in [-0.2, 0) is 6.42 Å². The lowest BCUT2D eigenvalue weighted by Crippen LogP contribution is -1.91. The minimum Gasteiger partial charge on any atom is -0.494 e. The largest absolute Gasteiger partial charge is 0.494 e. The molecule has 0 aromatic heterocycles. The first-order valence-electron chi connectivity index (χ1n) is 6.40. The molecule has 0 saturated carbocycles. The fourth-order valence-corrected chi connectivity index (χ4v) is 2.45. The third kappa shape index (κ3) is 1.92. The van der Waals surface area contributed by atoms with Crippen LogP contribution in [0.5, 0.6) is 5.75 Å². The van der Waals surface area contributed by atoms with Gasteiger partial charge in [0, 0.05) is 0 Å². The molecule has 90 valence electrons. The van der Waals surface area contributed by atoms with Crippen LogP contribution in [0.15, 0.2) is 54.6 Å². The van der Waals surface area contributed by atoms with Crippen molar-refractivity contribution in [1.29, 1.82) is 0 Å². The zero-order valence-electron chi connectivity index (χ0n) is 10.5. The second-order valence-electron chi connectivity index (χ2n) is 4.44. The SMILES string of the molecule is CCOc1ccc(C2=CCc3ccccc32)cc1. The summed E-state index contributed by atoms with van der Waals surface area (Å²) in [5.74, 6) is 0.938. The van der Waals surface area contributed by atoms with Crippen LogP contribution in [0.25, 0.3) is 5.57 Å². The molecule has 0 fully saturated rings. The van der Waals surface area contributed by atoms with Gasteiger partial charge in [0.1, 0.15) is 5.75 Å². The van der Waals surface area contributed by atoms with Gasteiger partial charge >= 0.3 is 0 Å². The van der Waals surface area contributed by atoms with Gasteiger partial charge in [-0.25, -0.2) is 0 Å². The van der Waals surface area contributed by atoms with Crippen molar-refractivity contribution >= 4 is 5.57 Å². The Morgan fingerprint density at radius 2 is 1.78 bits per heavy atom. The Morgan fingerprint density at radius 3 is 2.56 bits per heavy atom. The number of hydrogen-bond acceptors (Lipinski definition) is 1. The molecule has 0 heterocycles. The van der Waals surface area contributed by atoms with Crippen molar-refractivity contribution in [3.05, 3.63) is 71.3 Å². The fourth-order valence-electron chi connectivity index (χ4n) is 2.45. The first kappa shape index (κ1) is 11.1. The van der Waals surface area contributed by atoms with Crippen LogP contribution in [-0.4, -0.2) is 6.61 Å². The molecule has 2 aromatic carbocycles. The second kappa shape index (κ2) is 4.69.